The maximum Gasteiger partial charge on any atom is 0.198 e. The van der Waals surface area contributed by atoms with E-state index in [1.807, 2.05) is 25.1 Å². The predicted octanol–water partition coefficient (Wildman–Crippen LogP) is 5.24. The Morgan fingerprint density at radius 3 is 2.57 bits per heavy atom. The van der Waals surface area contributed by atoms with Gasteiger partial charge >= 0.3 is 0 Å². The zero-order valence-electron chi connectivity index (χ0n) is 11.2. The zero-order chi connectivity index (χ0) is 15.0. The van der Waals surface area contributed by atoms with Crippen molar-refractivity contribution in [3.8, 4) is 5.88 Å². The Balaban J connectivity index is 2.05. The van der Waals surface area contributed by atoms with E-state index >= 15 is 0 Å². The van der Waals surface area contributed by atoms with Crippen molar-refractivity contribution in [2.24, 2.45) is 4.99 Å². The number of aliphatic imine (C=N–C) groups is 1. The molecular formula is C16H12Cl2N2O. The fourth-order valence-electron chi connectivity index (χ4n) is 2.21. The maximum absolute atomic E-state index is 10.0. The van der Waals surface area contributed by atoms with Crippen LogP contribution in [0.5, 0.6) is 5.88 Å². The van der Waals surface area contributed by atoms with Crippen molar-refractivity contribution in [1.29, 1.82) is 0 Å². The molecule has 0 saturated heterocycles. The molecule has 1 heterocycles. The van der Waals surface area contributed by atoms with Gasteiger partial charge < -0.3 is 10.1 Å². The average molecular weight is 319 g/mol. The lowest BCUT2D eigenvalue weighted by atomic mass is 10.2. The Morgan fingerprint density at radius 2 is 1.81 bits per heavy atom. The largest absolute Gasteiger partial charge is 0.494 e. The van der Waals surface area contributed by atoms with Crippen molar-refractivity contribution >= 4 is 46.0 Å². The summed E-state index contributed by atoms with van der Waals surface area (Å²) in [6, 6.07) is 10.9. The van der Waals surface area contributed by atoms with Gasteiger partial charge in [-0.05, 0) is 42.8 Å². The van der Waals surface area contributed by atoms with Gasteiger partial charge in [-0.1, -0.05) is 29.3 Å². The number of aromatic amines is 1. The summed E-state index contributed by atoms with van der Waals surface area (Å²) in [7, 11) is 0. The van der Waals surface area contributed by atoms with Gasteiger partial charge in [0.25, 0.3) is 0 Å². The van der Waals surface area contributed by atoms with E-state index in [-0.39, 0.29) is 5.88 Å². The van der Waals surface area contributed by atoms with E-state index in [0.29, 0.717) is 15.6 Å². The number of fused-ring (bicyclic) bond motifs is 1. The van der Waals surface area contributed by atoms with E-state index in [4.69, 9.17) is 23.2 Å². The summed E-state index contributed by atoms with van der Waals surface area (Å²) in [6.07, 6.45) is 1.64. The second kappa shape index (κ2) is 5.43. The molecule has 0 amide bonds. The van der Waals surface area contributed by atoms with Crippen LogP contribution >= 0.6 is 23.2 Å². The van der Waals surface area contributed by atoms with Crippen LogP contribution in [0.25, 0.3) is 10.9 Å². The molecule has 3 nitrogen and oxygen atoms in total. The minimum absolute atomic E-state index is 0.0719. The van der Waals surface area contributed by atoms with Crippen molar-refractivity contribution < 1.29 is 5.11 Å². The average Bonchev–Trinajstić information content (AvgIpc) is 2.72. The van der Waals surface area contributed by atoms with Gasteiger partial charge in [0.1, 0.15) is 0 Å². The van der Waals surface area contributed by atoms with Crippen LogP contribution in [-0.4, -0.2) is 16.3 Å². The molecule has 0 saturated carbocycles. The van der Waals surface area contributed by atoms with Crippen LogP contribution in [0.3, 0.4) is 0 Å². The van der Waals surface area contributed by atoms with Crippen LogP contribution in [0.2, 0.25) is 10.0 Å². The quantitative estimate of drug-likeness (QED) is 0.624. The van der Waals surface area contributed by atoms with Crippen LogP contribution < -0.4 is 0 Å². The molecule has 5 heteroatoms. The number of aryl methyl sites for hydroxylation is 1. The Hall–Kier alpha value is -1.97. The summed E-state index contributed by atoms with van der Waals surface area (Å²) >= 11 is 11.9. The van der Waals surface area contributed by atoms with E-state index in [9.17, 15) is 5.11 Å². The Labute approximate surface area is 131 Å². The van der Waals surface area contributed by atoms with Crippen molar-refractivity contribution in [2.45, 2.75) is 6.92 Å². The van der Waals surface area contributed by atoms with Crippen LogP contribution in [-0.2, 0) is 0 Å². The van der Waals surface area contributed by atoms with Crippen LogP contribution in [0.1, 0.15) is 11.1 Å². The fraction of sp³-hybridized carbons (Fsp3) is 0.0625. The zero-order valence-corrected chi connectivity index (χ0v) is 12.7. The van der Waals surface area contributed by atoms with Gasteiger partial charge in [0.15, 0.2) is 5.88 Å². The number of aromatic hydroxyl groups is 1. The number of halogens is 2. The smallest absolute Gasteiger partial charge is 0.198 e. The molecule has 0 fully saturated rings. The van der Waals surface area contributed by atoms with Crippen LogP contribution in [0, 0.1) is 6.92 Å². The number of nitrogens with one attached hydrogen (secondary N) is 1. The van der Waals surface area contributed by atoms with Gasteiger partial charge in [-0.25, -0.2) is 0 Å². The predicted molar refractivity (Wildman–Crippen MR) is 88.4 cm³/mol. The topological polar surface area (TPSA) is 48.4 Å². The number of hydrogen-bond acceptors (Lipinski definition) is 2. The summed E-state index contributed by atoms with van der Waals surface area (Å²) in [4.78, 5) is 7.31. The van der Waals surface area contributed by atoms with Crippen LogP contribution in [0.15, 0.2) is 41.4 Å². The van der Waals surface area contributed by atoms with Crippen molar-refractivity contribution in [1.82, 2.24) is 4.98 Å². The molecule has 0 bridgehead atoms. The summed E-state index contributed by atoms with van der Waals surface area (Å²) in [5, 5.41) is 12.2. The first-order valence-corrected chi connectivity index (χ1v) is 7.10. The standard InChI is InChI=1S/C16H12Cl2N2O/c1-9-6-10(17)3-5-14(9)19-8-13-12-4-2-11(18)7-15(12)20-16(13)21/h2-8,20-21H,1H3. The third-order valence-corrected chi connectivity index (χ3v) is 3.74. The lowest BCUT2D eigenvalue weighted by molar-refractivity contribution is 0.457. The molecule has 2 N–H and O–H groups in total. The molecule has 2 aromatic carbocycles. The highest BCUT2D eigenvalue weighted by atomic mass is 35.5. The number of benzene rings is 2. The lowest BCUT2D eigenvalue weighted by Gasteiger charge is -2.00. The SMILES string of the molecule is Cc1cc(Cl)ccc1N=Cc1c(O)[nH]c2cc(Cl)ccc12. The van der Waals surface area contributed by atoms with Gasteiger partial charge in [0, 0.05) is 21.6 Å². The number of nitrogens with zero attached hydrogens (tertiary/aromatic N) is 1. The highest BCUT2D eigenvalue weighted by molar-refractivity contribution is 6.31. The third-order valence-electron chi connectivity index (χ3n) is 3.27. The van der Waals surface area contributed by atoms with Crippen molar-refractivity contribution in [2.75, 3.05) is 0 Å². The van der Waals surface area contributed by atoms with E-state index < -0.39 is 0 Å². The molecule has 1 aromatic heterocycles. The molecule has 0 unspecified atom stereocenters. The van der Waals surface area contributed by atoms with Crippen molar-refractivity contribution in [3.05, 3.63) is 57.6 Å². The second-order valence-electron chi connectivity index (χ2n) is 4.77. The van der Waals surface area contributed by atoms with E-state index in [0.717, 1.165) is 22.2 Å². The van der Waals surface area contributed by atoms with Gasteiger partial charge in [-0.3, -0.25) is 4.99 Å². The molecule has 3 aromatic rings. The number of hydrogen-bond donors (Lipinski definition) is 2. The van der Waals surface area contributed by atoms with Gasteiger partial charge in [0.2, 0.25) is 0 Å². The van der Waals surface area contributed by atoms with Gasteiger partial charge in [0.05, 0.1) is 16.8 Å². The first-order chi connectivity index (χ1) is 10.0. The summed E-state index contributed by atoms with van der Waals surface area (Å²) in [5.74, 6) is 0.0719. The highest BCUT2D eigenvalue weighted by Crippen LogP contribution is 2.29. The first-order valence-electron chi connectivity index (χ1n) is 6.35. The Morgan fingerprint density at radius 1 is 1.10 bits per heavy atom. The maximum atomic E-state index is 10.0. The molecule has 21 heavy (non-hydrogen) atoms. The van der Waals surface area contributed by atoms with Crippen molar-refractivity contribution in [3.63, 3.8) is 0 Å². The molecule has 106 valence electrons. The minimum Gasteiger partial charge on any atom is -0.494 e. The molecular weight excluding hydrogens is 307 g/mol. The molecule has 0 radical (unpaired) electrons. The lowest BCUT2D eigenvalue weighted by Crippen LogP contribution is -1.81. The molecule has 0 aliphatic rings. The molecule has 0 aliphatic carbocycles. The third kappa shape index (κ3) is 2.75. The number of rotatable bonds is 2. The summed E-state index contributed by atoms with van der Waals surface area (Å²) in [5.41, 5.74) is 3.19. The first kappa shape index (κ1) is 14.0. The normalized spacial score (nSPS) is 11.6. The second-order valence-corrected chi connectivity index (χ2v) is 5.64. The minimum atomic E-state index is 0.0719. The monoisotopic (exact) mass is 318 g/mol. The Bertz CT molecular complexity index is 853. The van der Waals surface area contributed by atoms with E-state index in [2.05, 4.69) is 9.98 Å². The molecule has 3 rings (SSSR count). The van der Waals surface area contributed by atoms with Gasteiger partial charge in [-0.15, -0.1) is 0 Å². The van der Waals surface area contributed by atoms with Crippen LogP contribution in [0.4, 0.5) is 5.69 Å². The summed E-state index contributed by atoms with van der Waals surface area (Å²) in [6.45, 7) is 1.94. The summed E-state index contributed by atoms with van der Waals surface area (Å²) < 4.78 is 0. The number of H-pyrrole nitrogens is 1. The fourth-order valence-corrected chi connectivity index (χ4v) is 2.60. The molecule has 0 spiro atoms. The number of aromatic nitrogens is 1. The molecule has 0 atom stereocenters. The van der Waals surface area contributed by atoms with E-state index in [1.54, 1.807) is 24.4 Å². The Kier molecular flexibility index (Phi) is 3.62. The highest BCUT2D eigenvalue weighted by Gasteiger charge is 2.09. The van der Waals surface area contributed by atoms with E-state index in [1.165, 1.54) is 0 Å². The molecule has 0 aliphatic heterocycles. The van der Waals surface area contributed by atoms with Gasteiger partial charge in [-0.2, -0.15) is 0 Å².